The largest absolute Gasteiger partial charge is 0.346 e. The van der Waals surface area contributed by atoms with Gasteiger partial charge in [-0.3, -0.25) is 14.5 Å². The van der Waals surface area contributed by atoms with Crippen LogP contribution in [0.2, 0.25) is 0 Å². The van der Waals surface area contributed by atoms with Crippen molar-refractivity contribution in [2.45, 2.75) is 18.9 Å². The first-order valence-electron chi connectivity index (χ1n) is 8.25. The molecule has 5 nitrogen and oxygen atoms in total. The van der Waals surface area contributed by atoms with Crippen molar-refractivity contribution in [1.82, 2.24) is 10.2 Å². The second kappa shape index (κ2) is 8.22. The van der Waals surface area contributed by atoms with Crippen LogP contribution < -0.4 is 10.6 Å². The van der Waals surface area contributed by atoms with E-state index in [0.717, 1.165) is 31.5 Å². The molecule has 2 heterocycles. The van der Waals surface area contributed by atoms with Gasteiger partial charge in [-0.1, -0.05) is 12.1 Å². The lowest BCUT2D eigenvalue weighted by atomic mass is 10.1. The molecule has 2 amide bonds. The third-order valence-corrected chi connectivity index (χ3v) is 5.00. The highest BCUT2D eigenvalue weighted by atomic mass is 32.1. The molecule has 1 aromatic carbocycles. The fraction of sp³-hybridized carbons (Fsp3) is 0.333. The number of carbonyl (C=O) groups is 2. The van der Waals surface area contributed by atoms with Crippen molar-refractivity contribution in [2.24, 2.45) is 0 Å². The maximum absolute atomic E-state index is 13.6. The second-order valence-corrected chi connectivity index (χ2v) is 6.74. The van der Waals surface area contributed by atoms with E-state index >= 15 is 0 Å². The first-order valence-corrected chi connectivity index (χ1v) is 9.19. The van der Waals surface area contributed by atoms with Crippen LogP contribution in [-0.2, 0) is 9.59 Å². The SMILES string of the molecule is O=C(NC[C@H](c1ccsc1)N1CCCC1)C(=O)Nc1ccccc1F. The van der Waals surface area contributed by atoms with Crippen LogP contribution in [0.3, 0.4) is 0 Å². The molecule has 1 aliphatic heterocycles. The summed E-state index contributed by atoms with van der Waals surface area (Å²) in [5.74, 6) is -2.20. The molecule has 7 heteroatoms. The van der Waals surface area contributed by atoms with E-state index in [1.54, 1.807) is 17.4 Å². The van der Waals surface area contributed by atoms with Gasteiger partial charge in [0.2, 0.25) is 0 Å². The van der Waals surface area contributed by atoms with Crippen molar-refractivity contribution in [2.75, 3.05) is 25.0 Å². The minimum atomic E-state index is -0.865. The fourth-order valence-corrected chi connectivity index (χ4v) is 3.69. The van der Waals surface area contributed by atoms with Crippen molar-refractivity contribution in [3.8, 4) is 0 Å². The van der Waals surface area contributed by atoms with E-state index in [1.165, 1.54) is 18.2 Å². The molecule has 1 atom stereocenters. The van der Waals surface area contributed by atoms with Gasteiger partial charge in [0.05, 0.1) is 11.7 Å². The predicted molar refractivity (Wildman–Crippen MR) is 95.9 cm³/mol. The molecule has 1 aliphatic rings. The Morgan fingerprint density at radius 3 is 2.60 bits per heavy atom. The average molecular weight is 361 g/mol. The molecule has 1 saturated heterocycles. The Morgan fingerprint density at radius 1 is 1.16 bits per heavy atom. The summed E-state index contributed by atoms with van der Waals surface area (Å²) in [5.41, 5.74) is 1.14. The molecule has 0 unspecified atom stereocenters. The number of halogens is 1. The molecule has 0 bridgehead atoms. The van der Waals surface area contributed by atoms with Gasteiger partial charge in [0.15, 0.2) is 0 Å². The molecule has 2 aromatic rings. The third-order valence-electron chi connectivity index (χ3n) is 4.29. The lowest BCUT2D eigenvalue weighted by Crippen LogP contribution is -2.41. The Hall–Kier alpha value is -2.25. The number of hydrogen-bond donors (Lipinski definition) is 2. The third kappa shape index (κ3) is 4.43. The van der Waals surface area contributed by atoms with Crippen molar-refractivity contribution in [3.63, 3.8) is 0 Å². The quantitative estimate of drug-likeness (QED) is 0.805. The topological polar surface area (TPSA) is 61.4 Å². The molecule has 1 aromatic heterocycles. The van der Waals surface area contributed by atoms with Gasteiger partial charge in [0, 0.05) is 6.54 Å². The van der Waals surface area contributed by atoms with Gasteiger partial charge >= 0.3 is 11.8 Å². The minimum absolute atomic E-state index is 0.00317. The summed E-state index contributed by atoms with van der Waals surface area (Å²) in [6, 6.07) is 7.85. The minimum Gasteiger partial charge on any atom is -0.346 e. The summed E-state index contributed by atoms with van der Waals surface area (Å²) in [6.07, 6.45) is 2.28. The van der Waals surface area contributed by atoms with Crippen LogP contribution in [0.4, 0.5) is 10.1 Å². The highest BCUT2D eigenvalue weighted by Gasteiger charge is 2.25. The monoisotopic (exact) mass is 361 g/mol. The maximum atomic E-state index is 13.6. The standard InChI is InChI=1S/C18H20FN3O2S/c19-14-5-1-2-6-15(14)21-18(24)17(23)20-11-16(13-7-10-25-12-13)22-8-3-4-9-22/h1-2,5-7,10,12,16H,3-4,8-9,11H2,(H,20,23)(H,21,24)/t16-/m1/s1. The van der Waals surface area contributed by atoms with Crippen LogP contribution in [0.5, 0.6) is 0 Å². The lowest BCUT2D eigenvalue weighted by Gasteiger charge is -2.27. The number of likely N-dealkylation sites (tertiary alicyclic amines) is 1. The summed E-state index contributed by atoms with van der Waals surface area (Å²) in [4.78, 5) is 26.4. The number of nitrogens with one attached hydrogen (secondary N) is 2. The molecular formula is C18H20FN3O2S. The van der Waals surface area contributed by atoms with E-state index in [1.807, 2.05) is 11.4 Å². The van der Waals surface area contributed by atoms with Crippen LogP contribution in [-0.4, -0.2) is 36.3 Å². The van der Waals surface area contributed by atoms with Gasteiger partial charge in [-0.05, 0) is 60.5 Å². The summed E-state index contributed by atoms with van der Waals surface area (Å²) < 4.78 is 13.6. The zero-order valence-corrected chi connectivity index (χ0v) is 14.5. The molecule has 0 aliphatic carbocycles. The van der Waals surface area contributed by atoms with Gasteiger partial charge in [-0.25, -0.2) is 4.39 Å². The highest BCUT2D eigenvalue weighted by Crippen LogP contribution is 2.26. The Morgan fingerprint density at radius 2 is 1.92 bits per heavy atom. The van der Waals surface area contributed by atoms with Crippen molar-refractivity contribution >= 4 is 28.8 Å². The average Bonchev–Trinajstić information content (AvgIpc) is 3.31. The molecule has 2 N–H and O–H groups in total. The number of thiophene rings is 1. The number of carbonyl (C=O) groups excluding carboxylic acids is 2. The summed E-state index contributed by atoms with van der Waals surface area (Å²) >= 11 is 1.61. The smallest absolute Gasteiger partial charge is 0.313 e. The zero-order chi connectivity index (χ0) is 17.6. The lowest BCUT2D eigenvalue weighted by molar-refractivity contribution is -0.136. The van der Waals surface area contributed by atoms with Crippen LogP contribution in [0, 0.1) is 5.82 Å². The molecule has 0 saturated carbocycles. The van der Waals surface area contributed by atoms with Crippen LogP contribution in [0.1, 0.15) is 24.4 Å². The zero-order valence-electron chi connectivity index (χ0n) is 13.7. The summed E-state index contributed by atoms with van der Waals surface area (Å²) in [7, 11) is 0. The molecule has 1 fully saturated rings. The number of para-hydroxylation sites is 1. The maximum Gasteiger partial charge on any atom is 0.313 e. The predicted octanol–water partition coefficient (Wildman–Crippen LogP) is 2.78. The highest BCUT2D eigenvalue weighted by molar-refractivity contribution is 7.08. The molecule has 0 spiro atoms. The van der Waals surface area contributed by atoms with Crippen LogP contribution >= 0.6 is 11.3 Å². The molecular weight excluding hydrogens is 341 g/mol. The van der Waals surface area contributed by atoms with Gasteiger partial charge in [-0.15, -0.1) is 0 Å². The fourth-order valence-electron chi connectivity index (χ4n) is 2.99. The summed E-state index contributed by atoms with van der Waals surface area (Å²) in [5, 5.41) is 9.05. The first-order chi connectivity index (χ1) is 12.1. The number of anilines is 1. The van der Waals surface area contributed by atoms with Crippen LogP contribution in [0.15, 0.2) is 41.1 Å². The second-order valence-electron chi connectivity index (χ2n) is 5.96. The van der Waals surface area contributed by atoms with Gasteiger partial charge in [-0.2, -0.15) is 11.3 Å². The normalized spacial score (nSPS) is 15.7. The number of benzene rings is 1. The van der Waals surface area contributed by atoms with Gasteiger partial charge in [0.25, 0.3) is 0 Å². The first kappa shape index (κ1) is 17.6. The van der Waals surface area contributed by atoms with E-state index in [9.17, 15) is 14.0 Å². The molecule has 0 radical (unpaired) electrons. The number of hydrogen-bond acceptors (Lipinski definition) is 4. The van der Waals surface area contributed by atoms with E-state index in [0.29, 0.717) is 6.54 Å². The van der Waals surface area contributed by atoms with E-state index < -0.39 is 17.6 Å². The molecule has 132 valence electrons. The Labute approximate surface area is 149 Å². The van der Waals surface area contributed by atoms with Gasteiger partial charge < -0.3 is 10.6 Å². The van der Waals surface area contributed by atoms with E-state index in [2.05, 4.69) is 20.9 Å². The van der Waals surface area contributed by atoms with Gasteiger partial charge in [0.1, 0.15) is 5.82 Å². The van der Waals surface area contributed by atoms with Crippen molar-refractivity contribution in [1.29, 1.82) is 0 Å². The Kier molecular flexibility index (Phi) is 5.78. The number of nitrogens with zero attached hydrogens (tertiary/aromatic N) is 1. The Bertz CT molecular complexity index is 730. The van der Waals surface area contributed by atoms with Crippen LogP contribution in [0.25, 0.3) is 0 Å². The van der Waals surface area contributed by atoms with Crippen molar-refractivity contribution < 1.29 is 14.0 Å². The summed E-state index contributed by atoms with van der Waals surface area (Å²) in [6.45, 7) is 2.32. The van der Waals surface area contributed by atoms with Crippen molar-refractivity contribution in [3.05, 3.63) is 52.5 Å². The number of rotatable bonds is 5. The van der Waals surface area contributed by atoms with E-state index in [4.69, 9.17) is 0 Å². The Balaban J connectivity index is 1.59. The van der Waals surface area contributed by atoms with E-state index in [-0.39, 0.29) is 11.7 Å². The molecule has 25 heavy (non-hydrogen) atoms. The number of amides is 2. The molecule has 3 rings (SSSR count).